The Kier molecular flexibility index (Phi) is 8.55. The summed E-state index contributed by atoms with van der Waals surface area (Å²) in [6, 6.07) is 33.1. The third-order valence-corrected chi connectivity index (χ3v) is 9.21. The predicted octanol–water partition coefficient (Wildman–Crippen LogP) is 8.41. The highest BCUT2D eigenvalue weighted by Gasteiger charge is 2.43. The minimum Gasteiger partial charge on any atom is -0.488 e. The zero-order chi connectivity index (χ0) is 32.3. The van der Waals surface area contributed by atoms with Crippen LogP contribution in [0.4, 0.5) is 22.7 Å². The van der Waals surface area contributed by atoms with E-state index in [1.807, 2.05) is 60.9 Å². The van der Waals surface area contributed by atoms with E-state index in [4.69, 9.17) is 9.47 Å². The zero-order valence-electron chi connectivity index (χ0n) is 27.7. The number of benzene rings is 4. The molecule has 2 N–H and O–H groups in total. The number of allylic oxidation sites excluding steroid dienone is 2. The zero-order valence-corrected chi connectivity index (χ0v) is 27.7. The summed E-state index contributed by atoms with van der Waals surface area (Å²) in [5, 5.41) is 6.87. The monoisotopic (exact) mass is 612 g/mol. The molecule has 2 heterocycles. The molecule has 0 bridgehead atoms. The summed E-state index contributed by atoms with van der Waals surface area (Å²) in [6.45, 7) is 9.88. The average Bonchev–Trinajstić information content (AvgIpc) is 3.38. The SMILES string of the molecule is C[N+]1=C(C=CNc2ccccc2OCCOc2ccccc2NC=CC2=[N+](C)c3ccccc3C2(C)C)C(C)(C)c2ccccc21. The van der Waals surface area contributed by atoms with Crippen molar-refractivity contribution < 1.29 is 18.6 Å². The molecule has 0 atom stereocenters. The van der Waals surface area contributed by atoms with Crippen LogP contribution in [-0.4, -0.2) is 47.9 Å². The fraction of sp³-hybridized carbons (Fsp3) is 0.250. The van der Waals surface area contributed by atoms with Gasteiger partial charge >= 0.3 is 0 Å². The number of fused-ring (bicyclic) bond motifs is 2. The van der Waals surface area contributed by atoms with Gasteiger partial charge in [-0.2, -0.15) is 9.15 Å². The molecule has 46 heavy (non-hydrogen) atoms. The van der Waals surface area contributed by atoms with Gasteiger partial charge in [-0.05, 0) is 52.0 Å². The second-order valence-electron chi connectivity index (χ2n) is 12.8. The Morgan fingerprint density at radius 1 is 0.543 bits per heavy atom. The van der Waals surface area contributed by atoms with Crippen LogP contribution in [0.1, 0.15) is 38.8 Å². The number of nitrogens with zero attached hydrogens (tertiary/aromatic N) is 2. The van der Waals surface area contributed by atoms with Crippen molar-refractivity contribution in [2.45, 2.75) is 38.5 Å². The van der Waals surface area contributed by atoms with Gasteiger partial charge in [0.25, 0.3) is 0 Å². The lowest BCUT2D eigenvalue weighted by molar-refractivity contribution is -0.401. The summed E-state index contributed by atoms with van der Waals surface area (Å²) in [7, 11) is 4.25. The van der Waals surface area contributed by atoms with Gasteiger partial charge in [-0.1, -0.05) is 60.7 Å². The van der Waals surface area contributed by atoms with Gasteiger partial charge in [-0.3, -0.25) is 0 Å². The molecule has 0 saturated heterocycles. The first-order chi connectivity index (χ1) is 22.2. The molecule has 0 radical (unpaired) electrons. The third-order valence-electron chi connectivity index (χ3n) is 9.21. The van der Waals surface area contributed by atoms with Gasteiger partial charge in [0.1, 0.15) is 38.8 Å². The van der Waals surface area contributed by atoms with Crippen molar-refractivity contribution in [3.05, 3.63) is 133 Å². The molecular weight excluding hydrogens is 568 g/mol. The summed E-state index contributed by atoms with van der Waals surface area (Å²) in [5.41, 5.74) is 9.29. The minimum absolute atomic E-state index is 0.0774. The minimum atomic E-state index is -0.0774. The van der Waals surface area contributed by atoms with E-state index in [0.717, 1.165) is 22.9 Å². The maximum atomic E-state index is 6.17. The highest BCUT2D eigenvalue weighted by atomic mass is 16.5. The number of para-hydroxylation sites is 6. The van der Waals surface area contributed by atoms with Gasteiger partial charge in [0.15, 0.2) is 11.4 Å². The normalized spacial score (nSPS) is 16.2. The number of nitrogens with one attached hydrogen (secondary N) is 2. The first kappa shape index (κ1) is 30.9. The molecule has 0 amide bonds. The van der Waals surface area contributed by atoms with Crippen LogP contribution in [0, 0.1) is 0 Å². The van der Waals surface area contributed by atoms with Gasteiger partial charge in [-0.15, -0.1) is 0 Å². The number of hydrogen-bond acceptors (Lipinski definition) is 4. The molecule has 6 heteroatoms. The van der Waals surface area contributed by atoms with Crippen molar-refractivity contribution in [1.82, 2.24) is 0 Å². The van der Waals surface area contributed by atoms with Crippen molar-refractivity contribution in [2.24, 2.45) is 0 Å². The maximum Gasteiger partial charge on any atom is 0.209 e. The highest BCUT2D eigenvalue weighted by molar-refractivity contribution is 6.03. The van der Waals surface area contributed by atoms with E-state index >= 15 is 0 Å². The summed E-state index contributed by atoms with van der Waals surface area (Å²) in [5.74, 6) is 1.55. The van der Waals surface area contributed by atoms with E-state index in [-0.39, 0.29) is 10.8 Å². The third kappa shape index (κ3) is 5.83. The molecule has 6 rings (SSSR count). The van der Waals surface area contributed by atoms with Gasteiger partial charge in [0, 0.05) is 47.8 Å². The van der Waals surface area contributed by atoms with Gasteiger partial charge in [0.2, 0.25) is 11.4 Å². The highest BCUT2D eigenvalue weighted by Crippen LogP contribution is 2.40. The lowest BCUT2D eigenvalue weighted by Crippen LogP contribution is -2.26. The summed E-state index contributed by atoms with van der Waals surface area (Å²) >= 11 is 0. The average molecular weight is 613 g/mol. The molecule has 2 aliphatic rings. The standard InChI is InChI=1S/C40H42N4O2/c1-39(2)29-15-7-11-19-33(29)43(5)37(39)23-25-41-31-17-9-13-21-35(31)45-27-28-46-36-22-14-10-18-32(36)42-26-24-38-40(3,4)30-16-8-12-20-34(30)44(38)6/h7-26H,27-28H2,1-6H3/p+2. The second kappa shape index (κ2) is 12.7. The van der Waals surface area contributed by atoms with Crippen molar-refractivity contribution in [3.63, 3.8) is 0 Å². The van der Waals surface area contributed by atoms with Crippen LogP contribution >= 0.6 is 0 Å². The van der Waals surface area contributed by atoms with E-state index in [1.54, 1.807) is 0 Å². The van der Waals surface area contributed by atoms with Crippen LogP contribution in [0.2, 0.25) is 0 Å². The van der Waals surface area contributed by atoms with Crippen molar-refractivity contribution in [2.75, 3.05) is 37.9 Å². The van der Waals surface area contributed by atoms with Crippen molar-refractivity contribution in [3.8, 4) is 11.5 Å². The van der Waals surface area contributed by atoms with Crippen LogP contribution < -0.4 is 20.1 Å². The molecule has 2 aliphatic heterocycles. The second-order valence-corrected chi connectivity index (χ2v) is 12.8. The molecule has 6 nitrogen and oxygen atoms in total. The molecule has 4 aromatic carbocycles. The maximum absolute atomic E-state index is 6.17. The quantitative estimate of drug-likeness (QED) is 0.132. The Morgan fingerprint density at radius 3 is 1.33 bits per heavy atom. The number of rotatable bonds is 11. The van der Waals surface area contributed by atoms with Crippen LogP contribution in [0.15, 0.2) is 122 Å². The Balaban J connectivity index is 1.05. The smallest absolute Gasteiger partial charge is 0.209 e. The summed E-state index contributed by atoms with van der Waals surface area (Å²) in [4.78, 5) is 0. The lowest BCUT2D eigenvalue weighted by atomic mass is 9.81. The summed E-state index contributed by atoms with van der Waals surface area (Å²) < 4.78 is 16.9. The largest absolute Gasteiger partial charge is 0.488 e. The lowest BCUT2D eigenvalue weighted by Gasteiger charge is -2.16. The molecule has 0 unspecified atom stereocenters. The van der Waals surface area contributed by atoms with E-state index < -0.39 is 0 Å². The first-order valence-corrected chi connectivity index (χ1v) is 15.9. The molecule has 0 aliphatic carbocycles. The molecule has 0 fully saturated rings. The Bertz CT molecular complexity index is 1740. The van der Waals surface area contributed by atoms with Crippen LogP contribution in [0.25, 0.3) is 0 Å². The summed E-state index contributed by atoms with van der Waals surface area (Å²) in [6.07, 6.45) is 8.30. The number of ether oxygens (including phenoxy) is 2. The van der Waals surface area contributed by atoms with Crippen LogP contribution in [0.3, 0.4) is 0 Å². The van der Waals surface area contributed by atoms with Crippen molar-refractivity contribution in [1.29, 1.82) is 0 Å². The molecule has 234 valence electrons. The van der Waals surface area contributed by atoms with E-state index in [1.165, 1.54) is 33.9 Å². The fourth-order valence-electron chi connectivity index (χ4n) is 6.75. The van der Waals surface area contributed by atoms with Crippen LogP contribution in [-0.2, 0) is 10.8 Å². The van der Waals surface area contributed by atoms with E-state index in [0.29, 0.717) is 13.2 Å². The molecule has 0 spiro atoms. The molecule has 0 saturated carbocycles. The number of hydrogen-bond donors (Lipinski definition) is 2. The van der Waals surface area contributed by atoms with E-state index in [2.05, 4.69) is 122 Å². The number of anilines is 2. The molecule has 4 aromatic rings. The Labute approximate surface area is 273 Å². The predicted molar refractivity (Wildman–Crippen MR) is 190 cm³/mol. The Morgan fingerprint density at radius 2 is 0.913 bits per heavy atom. The molecular formula is C40H44N4O2+2. The van der Waals surface area contributed by atoms with Crippen LogP contribution in [0.5, 0.6) is 11.5 Å². The van der Waals surface area contributed by atoms with Gasteiger partial charge in [-0.25, -0.2) is 0 Å². The topological polar surface area (TPSA) is 48.5 Å². The first-order valence-electron chi connectivity index (χ1n) is 15.9. The van der Waals surface area contributed by atoms with Gasteiger partial charge < -0.3 is 20.1 Å². The molecule has 0 aromatic heterocycles. The fourth-order valence-corrected chi connectivity index (χ4v) is 6.75. The van der Waals surface area contributed by atoms with Gasteiger partial charge in [0.05, 0.1) is 22.2 Å². The Hall–Kier alpha value is -5.10. The van der Waals surface area contributed by atoms with Crippen molar-refractivity contribution >= 4 is 34.2 Å². The van der Waals surface area contributed by atoms with E-state index in [9.17, 15) is 0 Å².